The van der Waals surface area contributed by atoms with Gasteiger partial charge in [-0.1, -0.05) is 56.0 Å². The summed E-state index contributed by atoms with van der Waals surface area (Å²) in [5, 5.41) is 14.2. The van der Waals surface area contributed by atoms with E-state index in [0.717, 1.165) is 56.8 Å². The van der Waals surface area contributed by atoms with Crippen LogP contribution in [0.5, 0.6) is 0 Å². The van der Waals surface area contributed by atoms with E-state index < -0.39 is 0 Å². The van der Waals surface area contributed by atoms with Gasteiger partial charge in [0.15, 0.2) is 0 Å². The van der Waals surface area contributed by atoms with E-state index in [0.29, 0.717) is 5.70 Å². The lowest BCUT2D eigenvalue weighted by Crippen LogP contribution is -2.05. The highest BCUT2D eigenvalue weighted by atomic mass is 16.3. The minimum atomic E-state index is 0.00319. The molecule has 2 aromatic carbocycles. The van der Waals surface area contributed by atoms with Crippen molar-refractivity contribution in [3.05, 3.63) is 84.1 Å². The van der Waals surface area contributed by atoms with Crippen molar-refractivity contribution < 1.29 is 5.11 Å². The third-order valence-electron chi connectivity index (χ3n) is 5.15. The van der Waals surface area contributed by atoms with Crippen LogP contribution in [0.1, 0.15) is 23.6 Å². The lowest BCUT2D eigenvalue weighted by Gasteiger charge is -2.17. The second kappa shape index (κ2) is 7.81. The minimum absolute atomic E-state index is 0.00319. The SMILES string of the molecule is C=C(N)c1cnc2[nH]c(-c3ccccc3)cc2c1Nc1cccc(CO)c1CC. The molecule has 0 spiro atoms. The van der Waals surface area contributed by atoms with Gasteiger partial charge in [-0.3, -0.25) is 0 Å². The molecule has 5 nitrogen and oxygen atoms in total. The van der Waals surface area contributed by atoms with Crippen LogP contribution in [-0.4, -0.2) is 15.1 Å². The van der Waals surface area contributed by atoms with Crippen LogP contribution in [0.3, 0.4) is 0 Å². The lowest BCUT2D eigenvalue weighted by molar-refractivity contribution is 0.281. The van der Waals surface area contributed by atoms with Crippen LogP contribution in [0.2, 0.25) is 0 Å². The number of anilines is 2. The van der Waals surface area contributed by atoms with E-state index >= 15 is 0 Å². The van der Waals surface area contributed by atoms with Gasteiger partial charge in [-0.25, -0.2) is 4.98 Å². The van der Waals surface area contributed by atoms with Crippen LogP contribution in [0.4, 0.5) is 11.4 Å². The van der Waals surface area contributed by atoms with E-state index in [-0.39, 0.29) is 6.61 Å². The number of aromatic amines is 1. The van der Waals surface area contributed by atoms with Crippen molar-refractivity contribution in [3.63, 3.8) is 0 Å². The molecule has 0 unspecified atom stereocenters. The highest BCUT2D eigenvalue weighted by molar-refractivity contribution is 6.00. The van der Waals surface area contributed by atoms with E-state index in [9.17, 15) is 5.11 Å². The first-order valence-corrected chi connectivity index (χ1v) is 9.63. The Hall–Kier alpha value is -3.57. The second-order valence-electron chi connectivity index (χ2n) is 6.96. The fourth-order valence-corrected chi connectivity index (χ4v) is 3.68. The number of nitrogens with zero attached hydrogens (tertiary/aromatic N) is 1. The average Bonchev–Trinajstić information content (AvgIpc) is 3.19. The fourth-order valence-electron chi connectivity index (χ4n) is 3.68. The Kier molecular flexibility index (Phi) is 5.06. The molecule has 0 fully saturated rings. The standard InChI is InChI=1S/C24H24N4O/c1-3-18-17(14-29)10-7-11-21(18)27-23-19-12-22(16-8-5-4-6-9-16)28-24(19)26-13-20(23)15(2)25/h4-13,29H,2-3,14,25H2,1H3,(H2,26,27,28). The lowest BCUT2D eigenvalue weighted by atomic mass is 10.0. The van der Waals surface area contributed by atoms with Crippen LogP contribution >= 0.6 is 0 Å². The number of fused-ring (bicyclic) bond motifs is 1. The van der Waals surface area contributed by atoms with Crippen LogP contribution in [0.25, 0.3) is 28.0 Å². The summed E-state index contributed by atoms with van der Waals surface area (Å²) in [7, 11) is 0. The Bertz CT molecular complexity index is 1180. The molecule has 0 atom stereocenters. The van der Waals surface area contributed by atoms with Gasteiger partial charge >= 0.3 is 0 Å². The molecule has 5 heteroatoms. The Morgan fingerprint density at radius 2 is 1.97 bits per heavy atom. The summed E-state index contributed by atoms with van der Waals surface area (Å²) in [5.74, 6) is 0. The van der Waals surface area contributed by atoms with E-state index in [2.05, 4.69) is 47.0 Å². The number of nitrogens with two attached hydrogens (primary N) is 1. The highest BCUT2D eigenvalue weighted by Gasteiger charge is 2.16. The molecule has 0 saturated carbocycles. The Morgan fingerprint density at radius 1 is 1.17 bits per heavy atom. The summed E-state index contributed by atoms with van der Waals surface area (Å²) in [4.78, 5) is 7.94. The Labute approximate surface area is 169 Å². The van der Waals surface area contributed by atoms with Crippen LogP contribution in [0.15, 0.2) is 67.4 Å². The molecule has 29 heavy (non-hydrogen) atoms. The maximum atomic E-state index is 9.71. The average molecular weight is 384 g/mol. The van der Waals surface area contributed by atoms with Gasteiger partial charge in [-0.05, 0) is 35.2 Å². The molecule has 0 bridgehead atoms. The quantitative estimate of drug-likeness (QED) is 0.378. The van der Waals surface area contributed by atoms with E-state index in [4.69, 9.17) is 5.73 Å². The number of hydrogen-bond acceptors (Lipinski definition) is 4. The molecule has 0 aliphatic rings. The number of nitrogens with one attached hydrogen (secondary N) is 2. The molecular weight excluding hydrogens is 360 g/mol. The Balaban J connectivity index is 1.89. The predicted octanol–water partition coefficient (Wildman–Crippen LogP) is 4.96. The molecule has 2 heterocycles. The number of benzene rings is 2. The molecule has 0 aliphatic heterocycles. The zero-order chi connectivity index (χ0) is 20.4. The second-order valence-corrected chi connectivity index (χ2v) is 6.96. The largest absolute Gasteiger partial charge is 0.399 e. The summed E-state index contributed by atoms with van der Waals surface area (Å²) >= 11 is 0. The monoisotopic (exact) mass is 384 g/mol. The van der Waals surface area contributed by atoms with Crippen LogP contribution in [-0.2, 0) is 13.0 Å². The third kappa shape index (κ3) is 3.48. The zero-order valence-corrected chi connectivity index (χ0v) is 16.4. The van der Waals surface area contributed by atoms with Gasteiger partial charge in [0.2, 0.25) is 0 Å². The summed E-state index contributed by atoms with van der Waals surface area (Å²) in [6.07, 6.45) is 2.54. The summed E-state index contributed by atoms with van der Waals surface area (Å²) in [6.45, 7) is 6.00. The predicted molar refractivity (Wildman–Crippen MR) is 120 cm³/mol. The van der Waals surface area contributed by atoms with Gasteiger partial charge in [0.05, 0.1) is 12.3 Å². The van der Waals surface area contributed by atoms with Crippen molar-refractivity contribution in [1.82, 2.24) is 9.97 Å². The molecule has 5 N–H and O–H groups in total. The number of aromatic nitrogens is 2. The summed E-state index contributed by atoms with van der Waals surface area (Å²) in [6, 6.07) is 18.1. The molecule has 2 aromatic heterocycles. The fraction of sp³-hybridized carbons (Fsp3) is 0.125. The van der Waals surface area contributed by atoms with Crippen LogP contribution < -0.4 is 11.1 Å². The van der Waals surface area contributed by atoms with Crippen molar-refractivity contribution in [1.29, 1.82) is 0 Å². The number of hydrogen-bond donors (Lipinski definition) is 4. The van der Waals surface area contributed by atoms with Gasteiger partial charge in [0.25, 0.3) is 0 Å². The van der Waals surface area contributed by atoms with Crippen LogP contribution in [0, 0.1) is 0 Å². The summed E-state index contributed by atoms with van der Waals surface area (Å²) in [5.41, 5.74) is 13.9. The van der Waals surface area contributed by atoms with Crippen molar-refractivity contribution in [3.8, 4) is 11.3 Å². The molecule has 4 rings (SSSR count). The molecule has 4 aromatic rings. The maximum Gasteiger partial charge on any atom is 0.139 e. The molecule has 0 aliphatic carbocycles. The molecule has 0 amide bonds. The highest BCUT2D eigenvalue weighted by Crippen LogP contribution is 2.35. The maximum absolute atomic E-state index is 9.71. The third-order valence-corrected chi connectivity index (χ3v) is 5.15. The number of aliphatic hydroxyl groups is 1. The van der Waals surface area contributed by atoms with Gasteiger partial charge in [-0.15, -0.1) is 0 Å². The smallest absolute Gasteiger partial charge is 0.139 e. The first-order chi connectivity index (χ1) is 14.1. The van der Waals surface area contributed by atoms with Gasteiger partial charge in [0, 0.05) is 34.2 Å². The van der Waals surface area contributed by atoms with Crippen molar-refractivity contribution >= 4 is 28.1 Å². The molecular formula is C24H24N4O. The normalized spacial score (nSPS) is 11.0. The molecule has 0 radical (unpaired) electrons. The van der Waals surface area contributed by atoms with Crippen molar-refractivity contribution in [2.45, 2.75) is 20.0 Å². The van der Waals surface area contributed by atoms with E-state index in [1.165, 1.54) is 0 Å². The van der Waals surface area contributed by atoms with Crippen molar-refractivity contribution in [2.75, 3.05) is 5.32 Å². The number of aliphatic hydroxyl groups excluding tert-OH is 1. The molecule has 146 valence electrons. The number of pyridine rings is 1. The minimum Gasteiger partial charge on any atom is -0.399 e. The van der Waals surface area contributed by atoms with E-state index in [1.807, 2.05) is 36.4 Å². The van der Waals surface area contributed by atoms with Crippen molar-refractivity contribution in [2.24, 2.45) is 5.73 Å². The molecule has 0 saturated heterocycles. The van der Waals surface area contributed by atoms with Gasteiger partial charge < -0.3 is 21.1 Å². The topological polar surface area (TPSA) is 87.0 Å². The first-order valence-electron chi connectivity index (χ1n) is 9.63. The zero-order valence-electron chi connectivity index (χ0n) is 16.4. The van der Waals surface area contributed by atoms with Gasteiger partial charge in [-0.2, -0.15) is 0 Å². The van der Waals surface area contributed by atoms with E-state index in [1.54, 1.807) is 6.20 Å². The number of H-pyrrole nitrogens is 1. The van der Waals surface area contributed by atoms with Gasteiger partial charge in [0.1, 0.15) is 5.65 Å². The number of rotatable bonds is 6. The Morgan fingerprint density at radius 3 is 2.66 bits per heavy atom. The first kappa shape index (κ1) is 18.8. The summed E-state index contributed by atoms with van der Waals surface area (Å²) < 4.78 is 0.